The lowest BCUT2D eigenvalue weighted by molar-refractivity contribution is 0.242. The van der Waals surface area contributed by atoms with Crippen LogP contribution in [0, 0.1) is 6.92 Å². The van der Waals surface area contributed by atoms with Gasteiger partial charge in [-0.25, -0.2) is 9.97 Å². The van der Waals surface area contributed by atoms with Crippen molar-refractivity contribution in [1.29, 1.82) is 0 Å². The smallest absolute Gasteiger partial charge is 0.205 e. The predicted octanol–water partition coefficient (Wildman–Crippen LogP) is 4.28. The molecule has 6 nitrogen and oxygen atoms in total. The van der Waals surface area contributed by atoms with E-state index in [0.29, 0.717) is 5.95 Å². The van der Waals surface area contributed by atoms with E-state index in [1.807, 2.05) is 57.3 Å². The van der Waals surface area contributed by atoms with Gasteiger partial charge in [0.05, 0.1) is 28.3 Å². The first-order valence-electron chi connectivity index (χ1n) is 7.97. The van der Waals surface area contributed by atoms with Crippen LogP contribution < -0.4 is 10.1 Å². The van der Waals surface area contributed by atoms with Gasteiger partial charge in [0.1, 0.15) is 11.3 Å². The first-order valence-corrected chi connectivity index (χ1v) is 7.97. The number of aromatic nitrogens is 4. The van der Waals surface area contributed by atoms with Crippen LogP contribution in [0.25, 0.3) is 22.1 Å². The Morgan fingerprint density at radius 2 is 1.96 bits per heavy atom. The summed E-state index contributed by atoms with van der Waals surface area (Å²) in [7, 11) is 0. The fraction of sp³-hybridized carbons (Fsp3) is 0.222. The molecule has 0 unspecified atom stereocenters. The monoisotopic (exact) mass is 321 g/mol. The van der Waals surface area contributed by atoms with Gasteiger partial charge in [-0.05, 0) is 45.0 Å². The van der Waals surface area contributed by atoms with Crippen molar-refractivity contribution in [3.63, 3.8) is 0 Å². The topological polar surface area (TPSA) is 78.6 Å². The molecule has 0 saturated heterocycles. The molecule has 0 aliphatic rings. The Hall–Kier alpha value is -3.02. The minimum absolute atomic E-state index is 0.142. The second-order valence-electron chi connectivity index (χ2n) is 6.11. The average Bonchev–Trinajstić information content (AvgIpc) is 3.10. The SMILES string of the molecule is Cc1ccc2[nH]cc(Nc3nc4ccc(OC(C)C)cc4[nH]3)c2n1. The number of nitrogens with zero attached hydrogens (tertiary/aromatic N) is 2. The third-order valence-corrected chi connectivity index (χ3v) is 3.74. The van der Waals surface area contributed by atoms with Crippen LogP contribution in [-0.2, 0) is 0 Å². The summed E-state index contributed by atoms with van der Waals surface area (Å²) in [6.07, 6.45) is 2.04. The number of hydrogen-bond acceptors (Lipinski definition) is 4. The Labute approximate surface area is 139 Å². The Morgan fingerprint density at radius 3 is 2.79 bits per heavy atom. The largest absolute Gasteiger partial charge is 0.491 e. The summed E-state index contributed by atoms with van der Waals surface area (Å²) < 4.78 is 5.73. The Morgan fingerprint density at radius 1 is 1.08 bits per heavy atom. The summed E-state index contributed by atoms with van der Waals surface area (Å²) in [6, 6.07) is 9.86. The molecule has 1 aromatic carbocycles. The van der Waals surface area contributed by atoms with Crippen LogP contribution in [0.5, 0.6) is 5.75 Å². The Kier molecular flexibility index (Phi) is 3.37. The van der Waals surface area contributed by atoms with Gasteiger partial charge in [-0.1, -0.05) is 0 Å². The molecule has 0 fully saturated rings. The van der Waals surface area contributed by atoms with Gasteiger partial charge < -0.3 is 20.0 Å². The van der Waals surface area contributed by atoms with Crippen LogP contribution in [-0.4, -0.2) is 26.0 Å². The molecular weight excluding hydrogens is 302 g/mol. The zero-order valence-corrected chi connectivity index (χ0v) is 13.8. The number of ether oxygens (including phenoxy) is 1. The number of imidazole rings is 1. The molecule has 0 bridgehead atoms. The number of aryl methyl sites for hydroxylation is 1. The average molecular weight is 321 g/mol. The molecule has 0 aliphatic heterocycles. The highest BCUT2D eigenvalue weighted by Gasteiger charge is 2.09. The molecule has 0 amide bonds. The van der Waals surface area contributed by atoms with Crippen molar-refractivity contribution in [2.75, 3.05) is 5.32 Å². The van der Waals surface area contributed by atoms with Crippen LogP contribution in [0.3, 0.4) is 0 Å². The fourth-order valence-corrected chi connectivity index (χ4v) is 2.71. The van der Waals surface area contributed by atoms with Crippen LogP contribution in [0.4, 0.5) is 11.6 Å². The normalized spacial score (nSPS) is 11.5. The zero-order valence-electron chi connectivity index (χ0n) is 13.8. The summed E-state index contributed by atoms with van der Waals surface area (Å²) in [5.74, 6) is 1.51. The van der Waals surface area contributed by atoms with E-state index in [1.165, 1.54) is 0 Å². The second kappa shape index (κ2) is 5.56. The van der Waals surface area contributed by atoms with Gasteiger partial charge in [0.15, 0.2) is 0 Å². The molecular formula is C18H19N5O. The van der Waals surface area contributed by atoms with Gasteiger partial charge in [0, 0.05) is 18.0 Å². The maximum Gasteiger partial charge on any atom is 0.205 e. The van der Waals surface area contributed by atoms with Crippen molar-refractivity contribution in [2.24, 2.45) is 0 Å². The van der Waals surface area contributed by atoms with Gasteiger partial charge in [-0.3, -0.25) is 0 Å². The van der Waals surface area contributed by atoms with E-state index < -0.39 is 0 Å². The molecule has 122 valence electrons. The van der Waals surface area contributed by atoms with Crippen LogP contribution >= 0.6 is 0 Å². The van der Waals surface area contributed by atoms with E-state index in [9.17, 15) is 0 Å². The molecule has 0 aliphatic carbocycles. The van der Waals surface area contributed by atoms with E-state index in [0.717, 1.165) is 39.2 Å². The van der Waals surface area contributed by atoms with E-state index in [2.05, 4.69) is 25.3 Å². The molecule has 4 aromatic rings. The highest BCUT2D eigenvalue weighted by atomic mass is 16.5. The molecule has 3 N–H and O–H groups in total. The van der Waals surface area contributed by atoms with Crippen LogP contribution in [0.15, 0.2) is 36.5 Å². The lowest BCUT2D eigenvalue weighted by Gasteiger charge is -2.08. The van der Waals surface area contributed by atoms with Crippen molar-refractivity contribution >= 4 is 33.7 Å². The van der Waals surface area contributed by atoms with Crippen LogP contribution in [0.1, 0.15) is 19.5 Å². The number of anilines is 2. The summed E-state index contributed by atoms with van der Waals surface area (Å²) in [5.41, 5.74) is 5.58. The molecule has 0 radical (unpaired) electrons. The summed E-state index contributed by atoms with van der Waals surface area (Å²) in [6.45, 7) is 6.00. The zero-order chi connectivity index (χ0) is 16.7. The molecule has 4 rings (SSSR count). The molecule has 0 saturated carbocycles. The van der Waals surface area contributed by atoms with Gasteiger partial charge in [0.2, 0.25) is 5.95 Å². The second-order valence-corrected chi connectivity index (χ2v) is 6.11. The molecule has 3 heterocycles. The summed E-state index contributed by atoms with van der Waals surface area (Å²) in [4.78, 5) is 15.6. The summed E-state index contributed by atoms with van der Waals surface area (Å²) in [5, 5.41) is 3.30. The van der Waals surface area contributed by atoms with Crippen molar-refractivity contribution in [3.8, 4) is 5.75 Å². The first-order chi connectivity index (χ1) is 11.6. The third kappa shape index (κ3) is 2.67. The standard InChI is InChI=1S/C18H19N5O/c1-10(2)24-12-5-7-13-15(8-12)22-18(21-13)23-16-9-19-14-6-4-11(3)20-17(14)16/h4-10,19H,1-3H3,(H2,21,22,23). The van der Waals surface area contributed by atoms with E-state index in [1.54, 1.807) is 0 Å². The highest BCUT2D eigenvalue weighted by Crippen LogP contribution is 2.26. The number of aromatic amines is 2. The highest BCUT2D eigenvalue weighted by molar-refractivity contribution is 5.91. The number of hydrogen-bond donors (Lipinski definition) is 3. The lowest BCUT2D eigenvalue weighted by Crippen LogP contribution is -2.05. The van der Waals surface area contributed by atoms with Gasteiger partial charge in [-0.15, -0.1) is 0 Å². The third-order valence-electron chi connectivity index (χ3n) is 3.74. The molecule has 3 aromatic heterocycles. The number of rotatable bonds is 4. The Balaban J connectivity index is 1.67. The maximum absolute atomic E-state index is 5.73. The lowest BCUT2D eigenvalue weighted by atomic mass is 10.3. The summed E-state index contributed by atoms with van der Waals surface area (Å²) >= 11 is 0. The minimum atomic E-state index is 0.142. The van der Waals surface area contributed by atoms with Crippen molar-refractivity contribution < 1.29 is 4.74 Å². The van der Waals surface area contributed by atoms with Crippen molar-refractivity contribution in [1.82, 2.24) is 19.9 Å². The first kappa shape index (κ1) is 14.6. The number of pyridine rings is 1. The van der Waals surface area contributed by atoms with Gasteiger partial charge in [-0.2, -0.15) is 0 Å². The number of nitrogens with one attached hydrogen (secondary N) is 3. The number of fused-ring (bicyclic) bond motifs is 2. The molecule has 0 spiro atoms. The predicted molar refractivity (Wildman–Crippen MR) is 96.0 cm³/mol. The van der Waals surface area contributed by atoms with Gasteiger partial charge >= 0.3 is 0 Å². The minimum Gasteiger partial charge on any atom is -0.491 e. The van der Waals surface area contributed by atoms with Crippen molar-refractivity contribution in [2.45, 2.75) is 26.9 Å². The fourth-order valence-electron chi connectivity index (χ4n) is 2.71. The quantitative estimate of drug-likeness (QED) is 0.524. The maximum atomic E-state index is 5.73. The van der Waals surface area contributed by atoms with Gasteiger partial charge in [0.25, 0.3) is 0 Å². The van der Waals surface area contributed by atoms with Crippen molar-refractivity contribution in [3.05, 3.63) is 42.2 Å². The number of H-pyrrole nitrogens is 2. The van der Waals surface area contributed by atoms with E-state index >= 15 is 0 Å². The molecule has 6 heteroatoms. The van der Waals surface area contributed by atoms with E-state index in [-0.39, 0.29) is 6.10 Å². The van der Waals surface area contributed by atoms with Crippen LogP contribution in [0.2, 0.25) is 0 Å². The molecule has 0 atom stereocenters. The molecule has 24 heavy (non-hydrogen) atoms. The Bertz CT molecular complexity index is 1010. The number of benzene rings is 1. The van der Waals surface area contributed by atoms with E-state index in [4.69, 9.17) is 4.74 Å².